The molecule has 0 aliphatic heterocycles. The number of rotatable bonds is 9. The first-order valence-electron chi connectivity index (χ1n) is 6.26. The first-order valence-corrected chi connectivity index (χ1v) is 6.26. The molecule has 1 aromatic carbocycles. The zero-order valence-electron chi connectivity index (χ0n) is 11.2. The van der Waals surface area contributed by atoms with Gasteiger partial charge in [0.25, 0.3) is 5.69 Å². The van der Waals surface area contributed by atoms with Crippen LogP contribution in [-0.4, -0.2) is 31.2 Å². The smallest absolute Gasteiger partial charge is 0.272 e. The zero-order valence-corrected chi connectivity index (χ0v) is 11.2. The molecule has 0 aliphatic rings. The van der Waals surface area contributed by atoms with Crippen LogP contribution in [0.1, 0.15) is 12.5 Å². The molecule has 1 rings (SSSR count). The molecular weight excluding hydrogens is 244 g/mol. The SMILES string of the molecule is C=C(C)COCCNCCc1ccccc1[N+](=O)[O-]. The molecule has 0 bridgehead atoms. The van der Waals surface area contributed by atoms with E-state index >= 15 is 0 Å². The molecule has 1 aromatic rings. The summed E-state index contributed by atoms with van der Waals surface area (Å²) in [6.45, 7) is 8.28. The average Bonchev–Trinajstić information content (AvgIpc) is 2.37. The monoisotopic (exact) mass is 264 g/mol. The number of para-hydroxylation sites is 1. The first kappa shape index (κ1) is 15.3. The van der Waals surface area contributed by atoms with E-state index in [1.54, 1.807) is 12.1 Å². The lowest BCUT2D eigenvalue weighted by atomic mass is 10.1. The molecule has 0 fully saturated rings. The number of hydrogen-bond donors (Lipinski definition) is 1. The van der Waals surface area contributed by atoms with Crippen molar-refractivity contribution in [3.05, 3.63) is 52.1 Å². The Morgan fingerprint density at radius 1 is 1.42 bits per heavy atom. The summed E-state index contributed by atoms with van der Waals surface area (Å²) >= 11 is 0. The van der Waals surface area contributed by atoms with E-state index in [4.69, 9.17) is 4.74 Å². The number of benzene rings is 1. The van der Waals surface area contributed by atoms with Crippen LogP contribution in [0.2, 0.25) is 0 Å². The normalized spacial score (nSPS) is 10.4. The summed E-state index contributed by atoms with van der Waals surface area (Å²) in [5.41, 5.74) is 1.94. The van der Waals surface area contributed by atoms with Crippen molar-refractivity contribution in [3.63, 3.8) is 0 Å². The lowest BCUT2D eigenvalue weighted by Gasteiger charge is -2.06. The molecule has 0 radical (unpaired) electrons. The van der Waals surface area contributed by atoms with E-state index in [9.17, 15) is 10.1 Å². The summed E-state index contributed by atoms with van der Waals surface area (Å²) in [4.78, 5) is 10.5. The highest BCUT2D eigenvalue weighted by atomic mass is 16.6. The Balaban J connectivity index is 2.23. The number of ether oxygens (including phenoxy) is 1. The minimum absolute atomic E-state index is 0.183. The Bertz CT molecular complexity index is 432. The molecule has 0 heterocycles. The van der Waals surface area contributed by atoms with Gasteiger partial charge in [0.1, 0.15) is 0 Å². The molecule has 0 amide bonds. The fraction of sp³-hybridized carbons (Fsp3) is 0.429. The van der Waals surface area contributed by atoms with E-state index in [1.165, 1.54) is 6.07 Å². The van der Waals surface area contributed by atoms with Crippen LogP contribution in [0.3, 0.4) is 0 Å². The van der Waals surface area contributed by atoms with Gasteiger partial charge in [-0.3, -0.25) is 10.1 Å². The van der Waals surface area contributed by atoms with E-state index < -0.39 is 0 Å². The number of nitro groups is 1. The molecule has 0 spiro atoms. The van der Waals surface area contributed by atoms with Crippen LogP contribution in [-0.2, 0) is 11.2 Å². The second-order valence-corrected chi connectivity index (χ2v) is 4.40. The Kier molecular flexibility index (Phi) is 6.78. The maximum absolute atomic E-state index is 10.8. The van der Waals surface area contributed by atoms with Crippen molar-refractivity contribution >= 4 is 5.69 Å². The second kappa shape index (κ2) is 8.39. The molecule has 5 heteroatoms. The molecular formula is C14H20N2O3. The number of nitro benzene ring substituents is 1. The van der Waals surface area contributed by atoms with Crippen LogP contribution in [0.5, 0.6) is 0 Å². The van der Waals surface area contributed by atoms with Gasteiger partial charge in [-0.2, -0.15) is 0 Å². The lowest BCUT2D eigenvalue weighted by molar-refractivity contribution is -0.385. The molecule has 0 unspecified atom stereocenters. The standard InChI is InChI=1S/C14H20N2O3/c1-12(2)11-19-10-9-15-8-7-13-5-3-4-6-14(13)16(17)18/h3-6,15H,1,7-11H2,2H3. The molecule has 1 N–H and O–H groups in total. The minimum Gasteiger partial charge on any atom is -0.376 e. The van der Waals surface area contributed by atoms with Crippen molar-refractivity contribution < 1.29 is 9.66 Å². The molecule has 0 aromatic heterocycles. The van der Waals surface area contributed by atoms with Gasteiger partial charge in [-0.1, -0.05) is 30.4 Å². The van der Waals surface area contributed by atoms with Crippen LogP contribution in [0, 0.1) is 10.1 Å². The van der Waals surface area contributed by atoms with E-state index in [0.29, 0.717) is 26.2 Å². The number of hydrogen-bond acceptors (Lipinski definition) is 4. The van der Waals surface area contributed by atoms with Gasteiger partial charge in [-0.15, -0.1) is 0 Å². The zero-order chi connectivity index (χ0) is 14.1. The van der Waals surface area contributed by atoms with Crippen molar-refractivity contribution in [2.75, 3.05) is 26.3 Å². The number of nitrogens with zero attached hydrogens (tertiary/aromatic N) is 1. The summed E-state index contributed by atoms with van der Waals surface area (Å²) in [5, 5.41) is 14.0. The minimum atomic E-state index is -0.342. The Morgan fingerprint density at radius 3 is 2.84 bits per heavy atom. The fourth-order valence-corrected chi connectivity index (χ4v) is 1.64. The van der Waals surface area contributed by atoms with E-state index in [1.807, 2.05) is 13.0 Å². The molecule has 5 nitrogen and oxygen atoms in total. The summed E-state index contributed by atoms with van der Waals surface area (Å²) in [6, 6.07) is 6.82. The predicted octanol–water partition coefficient (Wildman–Crippen LogP) is 2.32. The highest BCUT2D eigenvalue weighted by Crippen LogP contribution is 2.17. The third-order valence-electron chi connectivity index (χ3n) is 2.53. The topological polar surface area (TPSA) is 64.4 Å². The van der Waals surface area contributed by atoms with Gasteiger partial charge >= 0.3 is 0 Å². The van der Waals surface area contributed by atoms with Crippen LogP contribution in [0.4, 0.5) is 5.69 Å². The third-order valence-corrected chi connectivity index (χ3v) is 2.53. The number of nitrogens with one attached hydrogen (secondary N) is 1. The highest BCUT2D eigenvalue weighted by Gasteiger charge is 2.10. The van der Waals surface area contributed by atoms with Crippen molar-refractivity contribution in [3.8, 4) is 0 Å². The van der Waals surface area contributed by atoms with Crippen molar-refractivity contribution in [2.45, 2.75) is 13.3 Å². The van der Waals surface area contributed by atoms with Crippen LogP contribution < -0.4 is 5.32 Å². The molecule has 0 atom stereocenters. The summed E-state index contributed by atoms with van der Waals surface area (Å²) in [5.74, 6) is 0. The van der Waals surface area contributed by atoms with Gasteiger partial charge in [-0.05, 0) is 19.9 Å². The van der Waals surface area contributed by atoms with Gasteiger partial charge in [0.15, 0.2) is 0 Å². The molecule has 104 valence electrons. The largest absolute Gasteiger partial charge is 0.376 e. The summed E-state index contributed by atoms with van der Waals surface area (Å²) in [6.07, 6.45) is 0.637. The second-order valence-electron chi connectivity index (χ2n) is 4.40. The maximum atomic E-state index is 10.8. The quantitative estimate of drug-likeness (QED) is 0.322. The predicted molar refractivity (Wildman–Crippen MR) is 75.3 cm³/mol. The van der Waals surface area contributed by atoms with Crippen molar-refractivity contribution in [1.82, 2.24) is 5.32 Å². The van der Waals surface area contributed by atoms with Gasteiger partial charge in [0.2, 0.25) is 0 Å². The highest BCUT2D eigenvalue weighted by molar-refractivity contribution is 5.39. The Morgan fingerprint density at radius 2 is 2.16 bits per heavy atom. The summed E-state index contributed by atoms with van der Waals surface area (Å²) in [7, 11) is 0. The average molecular weight is 264 g/mol. The van der Waals surface area contributed by atoms with Crippen molar-refractivity contribution in [2.24, 2.45) is 0 Å². The van der Waals surface area contributed by atoms with E-state index in [-0.39, 0.29) is 10.6 Å². The fourth-order valence-electron chi connectivity index (χ4n) is 1.64. The molecule has 0 saturated carbocycles. The maximum Gasteiger partial charge on any atom is 0.272 e. The van der Waals surface area contributed by atoms with E-state index in [2.05, 4.69) is 11.9 Å². The van der Waals surface area contributed by atoms with Gasteiger partial charge in [0, 0.05) is 18.2 Å². The van der Waals surface area contributed by atoms with Crippen LogP contribution in [0.15, 0.2) is 36.4 Å². The van der Waals surface area contributed by atoms with Gasteiger partial charge < -0.3 is 10.1 Å². The third kappa shape index (κ3) is 6.13. The Labute approximate surface area is 113 Å². The van der Waals surface area contributed by atoms with E-state index in [0.717, 1.165) is 17.7 Å². The summed E-state index contributed by atoms with van der Waals surface area (Å²) < 4.78 is 5.34. The van der Waals surface area contributed by atoms with Crippen molar-refractivity contribution in [1.29, 1.82) is 0 Å². The molecule has 19 heavy (non-hydrogen) atoms. The van der Waals surface area contributed by atoms with Crippen LogP contribution >= 0.6 is 0 Å². The molecule has 0 saturated heterocycles. The first-order chi connectivity index (χ1) is 9.11. The lowest BCUT2D eigenvalue weighted by Crippen LogP contribution is -2.22. The van der Waals surface area contributed by atoms with Gasteiger partial charge in [0.05, 0.1) is 18.1 Å². The van der Waals surface area contributed by atoms with Gasteiger partial charge in [-0.25, -0.2) is 0 Å². The molecule has 0 aliphatic carbocycles. The Hall–Kier alpha value is -1.72. The van der Waals surface area contributed by atoms with Crippen LogP contribution in [0.25, 0.3) is 0 Å².